The SMILES string of the molecule is O=C(NCCN1CCC(NC(c2ccccc2)c2ccccc2)CC1)c1cc2cccc(OCc3ccccn3)c2cc1O. The molecule has 1 aliphatic heterocycles. The van der Waals surface area contributed by atoms with Crippen LogP contribution >= 0.6 is 0 Å². The maximum absolute atomic E-state index is 13.1. The molecule has 1 aromatic heterocycles. The zero-order chi connectivity index (χ0) is 30.1. The van der Waals surface area contributed by atoms with Crippen LogP contribution in [0.25, 0.3) is 10.8 Å². The number of phenolic OH excluding ortho intramolecular Hbond substituents is 1. The number of aromatic nitrogens is 1. The summed E-state index contributed by atoms with van der Waals surface area (Å²) >= 11 is 0. The number of rotatable bonds is 11. The number of likely N-dealkylation sites (tertiary alicyclic amines) is 1. The van der Waals surface area contributed by atoms with E-state index in [-0.39, 0.29) is 23.3 Å². The molecule has 1 amide bonds. The predicted octanol–water partition coefficient (Wildman–Crippen LogP) is 6.09. The Balaban J connectivity index is 1.00. The maximum atomic E-state index is 13.1. The van der Waals surface area contributed by atoms with Crippen LogP contribution in [0.15, 0.2) is 115 Å². The van der Waals surface area contributed by atoms with Gasteiger partial charge in [-0.3, -0.25) is 9.78 Å². The molecule has 0 radical (unpaired) electrons. The Bertz CT molecular complexity index is 1620. The highest BCUT2D eigenvalue weighted by Crippen LogP contribution is 2.32. The van der Waals surface area contributed by atoms with Crippen molar-refractivity contribution in [1.82, 2.24) is 20.5 Å². The number of hydrogen-bond acceptors (Lipinski definition) is 6. The molecule has 0 spiro atoms. The molecule has 4 aromatic carbocycles. The number of nitrogens with one attached hydrogen (secondary N) is 2. The van der Waals surface area contributed by atoms with Crippen molar-refractivity contribution in [1.29, 1.82) is 0 Å². The van der Waals surface area contributed by atoms with E-state index in [0.717, 1.165) is 48.9 Å². The van der Waals surface area contributed by atoms with Gasteiger partial charge in [0.2, 0.25) is 0 Å². The number of aromatic hydroxyl groups is 1. The molecule has 7 heteroatoms. The van der Waals surface area contributed by atoms with Gasteiger partial charge in [0.25, 0.3) is 5.91 Å². The molecule has 224 valence electrons. The van der Waals surface area contributed by atoms with Crippen LogP contribution in [0.1, 0.15) is 46.1 Å². The lowest BCUT2D eigenvalue weighted by molar-refractivity contribution is 0.0942. The van der Waals surface area contributed by atoms with Crippen LogP contribution in [0.2, 0.25) is 0 Å². The van der Waals surface area contributed by atoms with Crippen LogP contribution in [0.4, 0.5) is 0 Å². The molecule has 0 atom stereocenters. The van der Waals surface area contributed by atoms with Gasteiger partial charge in [0.05, 0.1) is 17.3 Å². The number of pyridine rings is 1. The fourth-order valence-corrected chi connectivity index (χ4v) is 5.89. The Morgan fingerprint density at radius 2 is 1.59 bits per heavy atom. The van der Waals surface area contributed by atoms with Crippen molar-refractivity contribution in [3.63, 3.8) is 0 Å². The van der Waals surface area contributed by atoms with Gasteiger partial charge in [0.1, 0.15) is 18.1 Å². The average Bonchev–Trinajstić information content (AvgIpc) is 3.08. The molecule has 2 heterocycles. The first-order valence-corrected chi connectivity index (χ1v) is 15.3. The Labute approximate surface area is 258 Å². The topological polar surface area (TPSA) is 86.7 Å². The molecular weight excluding hydrogens is 548 g/mol. The summed E-state index contributed by atoms with van der Waals surface area (Å²) in [4.78, 5) is 19.7. The van der Waals surface area contributed by atoms with Crippen molar-refractivity contribution in [2.24, 2.45) is 0 Å². The summed E-state index contributed by atoms with van der Waals surface area (Å²) in [6.07, 6.45) is 3.81. The van der Waals surface area contributed by atoms with E-state index in [9.17, 15) is 9.90 Å². The molecule has 7 nitrogen and oxygen atoms in total. The summed E-state index contributed by atoms with van der Waals surface area (Å²) in [6.45, 7) is 3.52. The largest absolute Gasteiger partial charge is 0.507 e. The van der Waals surface area contributed by atoms with Crippen LogP contribution in [-0.2, 0) is 6.61 Å². The first-order chi connectivity index (χ1) is 21.6. The molecule has 0 bridgehead atoms. The molecule has 0 unspecified atom stereocenters. The minimum absolute atomic E-state index is 0.0674. The number of amides is 1. The van der Waals surface area contributed by atoms with E-state index in [1.165, 1.54) is 11.1 Å². The summed E-state index contributed by atoms with van der Waals surface area (Å²) in [5.41, 5.74) is 3.62. The number of fused-ring (bicyclic) bond motifs is 1. The van der Waals surface area contributed by atoms with Crippen LogP contribution in [0, 0.1) is 0 Å². The van der Waals surface area contributed by atoms with Gasteiger partial charge in [-0.25, -0.2) is 0 Å². The van der Waals surface area contributed by atoms with Gasteiger partial charge in [-0.15, -0.1) is 0 Å². The van der Waals surface area contributed by atoms with Gasteiger partial charge >= 0.3 is 0 Å². The van der Waals surface area contributed by atoms with E-state index in [1.54, 1.807) is 18.3 Å². The minimum Gasteiger partial charge on any atom is -0.507 e. The fourth-order valence-electron chi connectivity index (χ4n) is 5.89. The monoisotopic (exact) mass is 586 g/mol. The van der Waals surface area contributed by atoms with Crippen LogP contribution in [-0.4, -0.2) is 53.1 Å². The quantitative estimate of drug-likeness (QED) is 0.174. The molecule has 1 fully saturated rings. The normalized spacial score (nSPS) is 14.1. The van der Waals surface area contributed by atoms with Crippen molar-refractivity contribution in [3.05, 3.63) is 138 Å². The number of carbonyl (C=O) groups excluding carboxylic acids is 1. The molecule has 6 rings (SSSR count). The second kappa shape index (κ2) is 14.2. The highest BCUT2D eigenvalue weighted by molar-refractivity contribution is 6.02. The van der Waals surface area contributed by atoms with Crippen LogP contribution in [0.3, 0.4) is 0 Å². The van der Waals surface area contributed by atoms with Crippen LogP contribution in [0.5, 0.6) is 11.5 Å². The third-order valence-electron chi connectivity index (χ3n) is 8.27. The molecular formula is C37H38N4O3. The smallest absolute Gasteiger partial charge is 0.255 e. The van der Waals surface area contributed by atoms with E-state index < -0.39 is 0 Å². The number of hydrogen-bond donors (Lipinski definition) is 3. The second-order valence-corrected chi connectivity index (χ2v) is 11.2. The van der Waals surface area contributed by atoms with Crippen molar-refractivity contribution in [3.8, 4) is 11.5 Å². The van der Waals surface area contributed by atoms with Gasteiger partial charge in [0.15, 0.2) is 0 Å². The number of piperidine rings is 1. The van der Waals surface area contributed by atoms with Gasteiger partial charge in [-0.2, -0.15) is 0 Å². The summed E-state index contributed by atoms with van der Waals surface area (Å²) < 4.78 is 5.98. The second-order valence-electron chi connectivity index (χ2n) is 11.2. The maximum Gasteiger partial charge on any atom is 0.255 e. The van der Waals surface area contributed by atoms with E-state index in [0.29, 0.717) is 24.9 Å². The molecule has 44 heavy (non-hydrogen) atoms. The number of phenols is 1. The standard InChI is InChI=1S/C37H38N4O3/c42-34-25-32-29(14-9-16-35(32)44-26-31-15-7-8-19-38-31)24-33(34)37(43)39-20-23-41-21-17-30(18-22-41)40-36(27-10-3-1-4-11-27)28-12-5-2-6-13-28/h1-16,19,24-25,30,36,40,42H,17-18,20-23,26H2,(H,39,43). The van der Waals surface area contributed by atoms with E-state index in [1.807, 2.05) is 36.4 Å². The number of benzene rings is 4. The molecule has 1 saturated heterocycles. The first-order valence-electron chi connectivity index (χ1n) is 15.3. The summed E-state index contributed by atoms with van der Waals surface area (Å²) in [5, 5.41) is 19.2. The Morgan fingerprint density at radius 3 is 2.27 bits per heavy atom. The third kappa shape index (κ3) is 7.25. The van der Waals surface area contributed by atoms with Crippen molar-refractivity contribution in [2.45, 2.75) is 31.5 Å². The van der Waals surface area contributed by atoms with Crippen molar-refractivity contribution >= 4 is 16.7 Å². The summed E-state index contributed by atoms with van der Waals surface area (Å²) in [5.74, 6) is 0.281. The Hall–Kier alpha value is -4.72. The molecule has 5 aromatic rings. The average molecular weight is 587 g/mol. The first kappa shape index (κ1) is 29.4. The lowest BCUT2D eigenvalue weighted by atomic mass is 9.95. The summed E-state index contributed by atoms with van der Waals surface area (Å²) in [6, 6.07) is 36.5. The highest BCUT2D eigenvalue weighted by Gasteiger charge is 2.23. The number of carbonyl (C=O) groups is 1. The van der Waals surface area contributed by atoms with Gasteiger partial charge in [0, 0.05) is 30.7 Å². The lowest BCUT2D eigenvalue weighted by Crippen LogP contribution is -2.45. The highest BCUT2D eigenvalue weighted by atomic mass is 16.5. The number of ether oxygens (including phenoxy) is 1. The third-order valence-corrected chi connectivity index (χ3v) is 8.27. The van der Waals surface area contributed by atoms with Crippen molar-refractivity contribution in [2.75, 3.05) is 26.2 Å². The molecule has 0 saturated carbocycles. The van der Waals surface area contributed by atoms with E-state index in [2.05, 4.69) is 81.2 Å². The molecule has 0 aliphatic carbocycles. The fraction of sp³-hybridized carbons (Fsp3) is 0.243. The summed E-state index contributed by atoms with van der Waals surface area (Å²) in [7, 11) is 0. The minimum atomic E-state index is -0.283. The van der Waals surface area contributed by atoms with Gasteiger partial charge < -0.3 is 25.4 Å². The predicted molar refractivity (Wildman–Crippen MR) is 174 cm³/mol. The number of nitrogens with zero attached hydrogens (tertiary/aromatic N) is 2. The van der Waals surface area contributed by atoms with Crippen molar-refractivity contribution < 1.29 is 14.6 Å². The zero-order valence-corrected chi connectivity index (χ0v) is 24.7. The lowest BCUT2D eigenvalue weighted by Gasteiger charge is -2.35. The van der Waals surface area contributed by atoms with E-state index in [4.69, 9.17) is 4.74 Å². The molecule has 3 N–H and O–H groups in total. The van der Waals surface area contributed by atoms with Gasteiger partial charge in [-0.05, 0) is 72.8 Å². The van der Waals surface area contributed by atoms with E-state index >= 15 is 0 Å². The zero-order valence-electron chi connectivity index (χ0n) is 24.7. The van der Waals surface area contributed by atoms with Crippen LogP contribution < -0.4 is 15.4 Å². The van der Waals surface area contributed by atoms with Gasteiger partial charge in [-0.1, -0.05) is 78.9 Å². The Morgan fingerprint density at radius 1 is 0.886 bits per heavy atom. The Kier molecular flexibility index (Phi) is 9.45. The molecule has 1 aliphatic rings.